The van der Waals surface area contributed by atoms with Crippen molar-refractivity contribution in [1.82, 2.24) is 10.0 Å². The van der Waals surface area contributed by atoms with Gasteiger partial charge in [-0.05, 0) is 57.0 Å². The lowest BCUT2D eigenvalue weighted by Gasteiger charge is -2.15. The number of sulfonamides is 1. The van der Waals surface area contributed by atoms with E-state index in [1.54, 1.807) is 6.07 Å². The normalized spacial score (nSPS) is 12.1. The fourth-order valence-corrected chi connectivity index (χ4v) is 4.08. The summed E-state index contributed by atoms with van der Waals surface area (Å²) in [7, 11) is -3.47. The summed E-state index contributed by atoms with van der Waals surface area (Å²) in [6, 6.07) is 3.58. The zero-order valence-corrected chi connectivity index (χ0v) is 14.9. The first-order chi connectivity index (χ1) is 9.27. The Balaban J connectivity index is 3.12. The third kappa shape index (κ3) is 4.84. The van der Waals surface area contributed by atoms with Crippen LogP contribution in [0.3, 0.4) is 0 Å². The zero-order chi connectivity index (χ0) is 15.3. The Morgan fingerprint density at radius 1 is 1.30 bits per heavy atom. The van der Waals surface area contributed by atoms with Crippen LogP contribution in [0.2, 0.25) is 0 Å². The van der Waals surface area contributed by atoms with E-state index in [1.807, 2.05) is 26.8 Å². The van der Waals surface area contributed by atoms with Crippen molar-refractivity contribution >= 4 is 26.0 Å². The van der Waals surface area contributed by atoms with Crippen LogP contribution in [0.15, 0.2) is 21.5 Å². The van der Waals surface area contributed by atoms with Gasteiger partial charge in [-0.25, -0.2) is 13.1 Å². The number of hydrogen-bond donors (Lipinski definition) is 2. The largest absolute Gasteiger partial charge is 0.313 e. The molecule has 1 aromatic carbocycles. The summed E-state index contributed by atoms with van der Waals surface area (Å²) in [4.78, 5) is 0.342. The van der Waals surface area contributed by atoms with Crippen molar-refractivity contribution in [3.8, 4) is 0 Å². The topological polar surface area (TPSA) is 58.2 Å². The van der Waals surface area contributed by atoms with Gasteiger partial charge in [0.2, 0.25) is 10.0 Å². The Labute approximate surface area is 130 Å². The quantitative estimate of drug-likeness (QED) is 0.733. The second kappa shape index (κ2) is 7.54. The lowest BCUT2D eigenvalue weighted by molar-refractivity contribution is 0.569. The first-order valence-electron chi connectivity index (χ1n) is 6.80. The van der Waals surface area contributed by atoms with Crippen LogP contribution in [0, 0.1) is 6.92 Å². The van der Waals surface area contributed by atoms with Crippen molar-refractivity contribution in [3.63, 3.8) is 0 Å². The molecule has 2 N–H and O–H groups in total. The van der Waals surface area contributed by atoms with Crippen LogP contribution >= 0.6 is 15.9 Å². The molecule has 0 saturated heterocycles. The predicted octanol–water partition coefficient (Wildman–Crippen LogP) is 2.94. The molecule has 0 fully saturated rings. The van der Waals surface area contributed by atoms with E-state index in [0.29, 0.717) is 11.4 Å². The van der Waals surface area contributed by atoms with Crippen molar-refractivity contribution < 1.29 is 8.42 Å². The third-order valence-electron chi connectivity index (χ3n) is 2.79. The van der Waals surface area contributed by atoms with E-state index in [-0.39, 0.29) is 6.04 Å². The highest BCUT2D eigenvalue weighted by atomic mass is 79.9. The van der Waals surface area contributed by atoms with E-state index >= 15 is 0 Å². The molecule has 0 radical (unpaired) electrons. The van der Waals surface area contributed by atoms with E-state index in [1.165, 1.54) is 0 Å². The van der Waals surface area contributed by atoms with Crippen LogP contribution in [0.4, 0.5) is 0 Å². The number of halogens is 1. The maximum atomic E-state index is 12.3. The predicted molar refractivity (Wildman–Crippen MR) is 86.3 cm³/mol. The van der Waals surface area contributed by atoms with Gasteiger partial charge < -0.3 is 5.32 Å². The maximum Gasteiger partial charge on any atom is 0.241 e. The van der Waals surface area contributed by atoms with Crippen molar-refractivity contribution in [2.45, 2.75) is 51.6 Å². The van der Waals surface area contributed by atoms with Crippen molar-refractivity contribution in [1.29, 1.82) is 0 Å². The van der Waals surface area contributed by atoms with E-state index in [4.69, 9.17) is 0 Å². The molecular weight excluding hydrogens is 340 g/mol. The molecule has 0 aliphatic carbocycles. The first-order valence-corrected chi connectivity index (χ1v) is 9.07. The molecule has 0 atom stereocenters. The van der Waals surface area contributed by atoms with Crippen molar-refractivity contribution in [3.05, 3.63) is 27.7 Å². The van der Waals surface area contributed by atoms with Gasteiger partial charge in [-0.2, -0.15) is 0 Å². The second-order valence-electron chi connectivity index (χ2n) is 5.15. The molecule has 0 aromatic heterocycles. The molecule has 0 aliphatic heterocycles. The van der Waals surface area contributed by atoms with Gasteiger partial charge in [0.25, 0.3) is 0 Å². The second-order valence-corrected chi connectivity index (χ2v) is 7.69. The minimum Gasteiger partial charge on any atom is -0.313 e. The Bertz CT molecular complexity index is 557. The van der Waals surface area contributed by atoms with Gasteiger partial charge in [-0.1, -0.05) is 22.9 Å². The zero-order valence-electron chi connectivity index (χ0n) is 12.5. The highest BCUT2D eigenvalue weighted by Gasteiger charge is 2.20. The summed E-state index contributed by atoms with van der Waals surface area (Å²) in [5.41, 5.74) is 1.69. The molecule has 0 heterocycles. The Kier molecular flexibility index (Phi) is 6.64. The summed E-state index contributed by atoms with van der Waals surface area (Å²) in [5.74, 6) is 0. The standard InChI is InChI=1S/C14H23BrN2O2S/c1-5-6-16-9-12-7-13(15)11(4)14(8-12)20(18,19)17-10(2)3/h7-8,10,16-17H,5-6,9H2,1-4H3. The highest BCUT2D eigenvalue weighted by molar-refractivity contribution is 9.10. The molecule has 1 rings (SSSR count). The third-order valence-corrected chi connectivity index (χ3v) is 5.40. The average molecular weight is 363 g/mol. The Morgan fingerprint density at radius 2 is 1.95 bits per heavy atom. The van der Waals surface area contributed by atoms with Crippen molar-refractivity contribution in [2.75, 3.05) is 6.54 Å². The lowest BCUT2D eigenvalue weighted by atomic mass is 10.1. The van der Waals surface area contributed by atoms with Gasteiger partial charge in [0, 0.05) is 17.1 Å². The SMILES string of the molecule is CCCNCc1cc(Br)c(C)c(S(=O)(=O)NC(C)C)c1. The van der Waals surface area contributed by atoms with E-state index < -0.39 is 10.0 Å². The first kappa shape index (κ1) is 17.6. The van der Waals surface area contributed by atoms with Gasteiger partial charge in [0.05, 0.1) is 4.90 Å². The van der Waals surface area contributed by atoms with Crippen LogP contribution in [0.25, 0.3) is 0 Å². The number of nitrogens with one attached hydrogen (secondary N) is 2. The molecule has 0 bridgehead atoms. The lowest BCUT2D eigenvalue weighted by Crippen LogP contribution is -2.31. The molecule has 4 nitrogen and oxygen atoms in total. The van der Waals surface area contributed by atoms with Gasteiger partial charge in [-0.3, -0.25) is 0 Å². The molecule has 6 heteroatoms. The van der Waals surface area contributed by atoms with E-state index in [9.17, 15) is 8.42 Å². The minimum absolute atomic E-state index is 0.125. The van der Waals surface area contributed by atoms with E-state index in [2.05, 4.69) is 32.9 Å². The fourth-order valence-electron chi connectivity index (χ4n) is 1.87. The number of rotatable bonds is 7. The Morgan fingerprint density at radius 3 is 2.50 bits per heavy atom. The van der Waals surface area contributed by atoms with Crippen molar-refractivity contribution in [2.24, 2.45) is 0 Å². The summed E-state index contributed by atoms with van der Waals surface area (Å²) in [6.45, 7) is 9.11. The number of benzene rings is 1. The van der Waals surface area contributed by atoms with Gasteiger partial charge in [0.1, 0.15) is 0 Å². The summed E-state index contributed by atoms with van der Waals surface area (Å²) >= 11 is 3.44. The minimum atomic E-state index is -3.47. The molecule has 1 aromatic rings. The molecular formula is C14H23BrN2O2S. The fraction of sp³-hybridized carbons (Fsp3) is 0.571. The summed E-state index contributed by atoms with van der Waals surface area (Å²) < 4.78 is 28.1. The monoisotopic (exact) mass is 362 g/mol. The smallest absolute Gasteiger partial charge is 0.241 e. The van der Waals surface area contributed by atoms with E-state index in [0.717, 1.165) is 28.6 Å². The van der Waals surface area contributed by atoms with Crippen LogP contribution in [0.5, 0.6) is 0 Å². The average Bonchev–Trinajstić information content (AvgIpc) is 2.31. The molecule has 0 aliphatic rings. The van der Waals surface area contributed by atoms with Gasteiger partial charge in [-0.15, -0.1) is 0 Å². The molecule has 0 spiro atoms. The van der Waals surface area contributed by atoms with Crippen LogP contribution < -0.4 is 10.0 Å². The maximum absolute atomic E-state index is 12.3. The highest BCUT2D eigenvalue weighted by Crippen LogP contribution is 2.26. The Hall–Kier alpha value is -0.430. The molecule has 114 valence electrons. The summed E-state index contributed by atoms with van der Waals surface area (Å²) in [6.07, 6.45) is 1.05. The van der Waals surface area contributed by atoms with Gasteiger partial charge in [0.15, 0.2) is 0 Å². The van der Waals surface area contributed by atoms with Crippen LogP contribution in [-0.2, 0) is 16.6 Å². The molecule has 20 heavy (non-hydrogen) atoms. The van der Waals surface area contributed by atoms with Crippen LogP contribution in [0.1, 0.15) is 38.3 Å². The molecule has 0 unspecified atom stereocenters. The molecule has 0 amide bonds. The summed E-state index contributed by atoms with van der Waals surface area (Å²) in [5, 5.41) is 3.28. The molecule has 0 saturated carbocycles. The van der Waals surface area contributed by atoms with Crippen LogP contribution in [-0.4, -0.2) is 21.0 Å². The van der Waals surface area contributed by atoms with Gasteiger partial charge >= 0.3 is 0 Å². The number of hydrogen-bond acceptors (Lipinski definition) is 3.